The molecule has 0 saturated heterocycles. The fraction of sp³-hybridized carbons (Fsp3) is 0.259. The molecule has 0 spiro atoms. The smallest absolute Gasteiger partial charge is 0.224 e. The lowest BCUT2D eigenvalue weighted by Gasteiger charge is -2.18. The summed E-state index contributed by atoms with van der Waals surface area (Å²) in [6.07, 6.45) is 4.08. The molecule has 0 heterocycles. The van der Waals surface area contributed by atoms with Gasteiger partial charge in [-0.1, -0.05) is 92.9 Å². The van der Waals surface area contributed by atoms with Crippen molar-refractivity contribution < 1.29 is 9.84 Å². The number of thioether (sulfide) groups is 1. The first-order valence-electron chi connectivity index (χ1n) is 10.7. The highest BCUT2D eigenvalue weighted by atomic mass is 32.2. The molecule has 0 radical (unpaired) electrons. The maximum atomic E-state index is 10.9. The molecule has 4 aromatic rings. The van der Waals surface area contributed by atoms with Crippen LogP contribution in [0.25, 0.3) is 21.5 Å². The third-order valence-corrected chi connectivity index (χ3v) is 6.59. The van der Waals surface area contributed by atoms with E-state index in [1.165, 1.54) is 36.0 Å². The molecule has 0 amide bonds. The molecule has 4 rings (SSSR count). The zero-order chi connectivity index (χ0) is 20.8. The largest absolute Gasteiger partial charge is 0.460 e. The first kappa shape index (κ1) is 20.8. The highest BCUT2D eigenvalue weighted by molar-refractivity contribution is 7.99. The fourth-order valence-corrected chi connectivity index (χ4v) is 4.90. The molecule has 0 aliphatic heterocycles. The second-order valence-corrected chi connectivity index (χ2v) is 8.69. The van der Waals surface area contributed by atoms with Crippen molar-refractivity contribution in [2.24, 2.45) is 0 Å². The summed E-state index contributed by atoms with van der Waals surface area (Å²) >= 11 is 1.91. The Balaban J connectivity index is 1.58. The van der Waals surface area contributed by atoms with Crippen LogP contribution in [0.3, 0.4) is 0 Å². The average molecular weight is 417 g/mol. The molecule has 1 atom stereocenters. The van der Waals surface area contributed by atoms with Gasteiger partial charge in [-0.2, -0.15) is 0 Å². The van der Waals surface area contributed by atoms with Crippen LogP contribution in [0.15, 0.2) is 83.8 Å². The van der Waals surface area contributed by atoms with E-state index in [0.29, 0.717) is 5.75 Å². The average Bonchev–Trinajstić information content (AvgIpc) is 2.79. The lowest BCUT2D eigenvalue weighted by molar-refractivity contribution is -0.0171. The van der Waals surface area contributed by atoms with Gasteiger partial charge in [-0.25, -0.2) is 0 Å². The van der Waals surface area contributed by atoms with Gasteiger partial charge in [-0.3, -0.25) is 0 Å². The molecule has 0 fully saturated rings. The molecular weight excluding hydrogens is 388 g/mol. The summed E-state index contributed by atoms with van der Waals surface area (Å²) in [4.78, 5) is 1.27. The van der Waals surface area contributed by atoms with Gasteiger partial charge >= 0.3 is 0 Å². The van der Waals surface area contributed by atoms with Gasteiger partial charge in [0.05, 0.1) is 0 Å². The first-order valence-corrected chi connectivity index (χ1v) is 11.7. The topological polar surface area (TPSA) is 29.5 Å². The predicted octanol–water partition coefficient (Wildman–Crippen LogP) is 7.74. The Kier molecular flexibility index (Phi) is 6.93. The molecule has 0 bridgehead atoms. The normalized spacial score (nSPS) is 12.3. The van der Waals surface area contributed by atoms with E-state index < -0.39 is 6.29 Å². The number of ether oxygens (including phenoxy) is 1. The van der Waals surface area contributed by atoms with Gasteiger partial charge in [0, 0.05) is 15.8 Å². The van der Waals surface area contributed by atoms with E-state index in [2.05, 4.69) is 31.2 Å². The second kappa shape index (κ2) is 10.0. The van der Waals surface area contributed by atoms with Crippen molar-refractivity contribution in [3.05, 3.63) is 84.4 Å². The van der Waals surface area contributed by atoms with E-state index in [1.54, 1.807) is 0 Å². The lowest BCUT2D eigenvalue weighted by Crippen LogP contribution is -2.07. The van der Waals surface area contributed by atoms with Gasteiger partial charge in [0.2, 0.25) is 6.29 Å². The van der Waals surface area contributed by atoms with E-state index in [0.717, 1.165) is 27.5 Å². The quantitative estimate of drug-likeness (QED) is 0.172. The van der Waals surface area contributed by atoms with E-state index in [4.69, 9.17) is 4.74 Å². The molecule has 154 valence electrons. The van der Waals surface area contributed by atoms with Crippen LogP contribution >= 0.6 is 11.8 Å². The van der Waals surface area contributed by atoms with Gasteiger partial charge in [0.1, 0.15) is 5.75 Å². The van der Waals surface area contributed by atoms with E-state index in [1.807, 2.05) is 66.4 Å². The number of hydrogen-bond donors (Lipinski definition) is 1. The maximum absolute atomic E-state index is 10.9. The molecule has 0 aliphatic rings. The first-order chi connectivity index (χ1) is 14.8. The Bertz CT molecular complexity index is 1120. The highest BCUT2D eigenvalue weighted by Crippen LogP contribution is 2.36. The summed E-state index contributed by atoms with van der Waals surface area (Å²) in [6, 6.07) is 26.4. The molecule has 3 heteroatoms. The Morgan fingerprint density at radius 3 is 2.33 bits per heavy atom. The molecule has 0 saturated carbocycles. The molecular formula is C27H28O2S. The van der Waals surface area contributed by atoms with Crippen molar-refractivity contribution in [3.8, 4) is 5.75 Å². The van der Waals surface area contributed by atoms with Crippen molar-refractivity contribution in [1.29, 1.82) is 0 Å². The van der Waals surface area contributed by atoms with Crippen LogP contribution in [0.4, 0.5) is 0 Å². The molecule has 0 aliphatic carbocycles. The van der Waals surface area contributed by atoms with Gasteiger partial charge < -0.3 is 9.84 Å². The maximum Gasteiger partial charge on any atom is 0.224 e. The molecule has 4 aromatic carbocycles. The Labute approximate surface area is 182 Å². The number of fused-ring (bicyclic) bond motifs is 2. The molecule has 1 N–H and O–H groups in total. The van der Waals surface area contributed by atoms with Gasteiger partial charge in [-0.15, -0.1) is 11.8 Å². The fourth-order valence-electron chi connectivity index (χ4n) is 3.83. The summed E-state index contributed by atoms with van der Waals surface area (Å²) in [5.74, 6) is 1.84. The highest BCUT2D eigenvalue weighted by Gasteiger charge is 2.15. The van der Waals surface area contributed by atoms with Crippen LogP contribution in [0, 0.1) is 0 Å². The second-order valence-electron chi connectivity index (χ2n) is 7.56. The minimum Gasteiger partial charge on any atom is -0.460 e. The Morgan fingerprint density at radius 2 is 1.50 bits per heavy atom. The lowest BCUT2D eigenvalue weighted by atomic mass is 10.0. The Hall–Kier alpha value is -2.49. The monoisotopic (exact) mass is 416 g/mol. The van der Waals surface area contributed by atoms with Crippen molar-refractivity contribution in [2.45, 2.75) is 43.8 Å². The van der Waals surface area contributed by atoms with Crippen LogP contribution in [0.2, 0.25) is 0 Å². The number of aliphatic hydroxyl groups is 1. The van der Waals surface area contributed by atoms with Crippen LogP contribution in [-0.2, 0) is 0 Å². The van der Waals surface area contributed by atoms with Crippen molar-refractivity contribution in [1.82, 2.24) is 0 Å². The van der Waals surface area contributed by atoms with Crippen molar-refractivity contribution in [2.75, 3.05) is 5.75 Å². The van der Waals surface area contributed by atoms with E-state index in [9.17, 15) is 5.11 Å². The number of hydrogen-bond acceptors (Lipinski definition) is 3. The van der Waals surface area contributed by atoms with Crippen LogP contribution in [0.1, 0.15) is 44.5 Å². The Morgan fingerprint density at radius 1 is 0.767 bits per heavy atom. The van der Waals surface area contributed by atoms with Crippen LogP contribution in [-0.4, -0.2) is 10.9 Å². The summed E-state index contributed by atoms with van der Waals surface area (Å²) in [6.45, 7) is 2.24. The molecule has 0 aromatic heterocycles. The SMILES string of the molecule is CCCCCCSc1ccc(OC(O)c2cccc3ccccc23)c2ccccc12. The van der Waals surface area contributed by atoms with Gasteiger partial charge in [-0.05, 0) is 40.5 Å². The molecule has 30 heavy (non-hydrogen) atoms. The summed E-state index contributed by atoms with van der Waals surface area (Å²) in [5.41, 5.74) is 0.784. The summed E-state index contributed by atoms with van der Waals surface area (Å²) in [5, 5.41) is 15.2. The zero-order valence-corrected chi connectivity index (χ0v) is 18.2. The molecule has 2 nitrogen and oxygen atoms in total. The van der Waals surface area contributed by atoms with Crippen molar-refractivity contribution in [3.63, 3.8) is 0 Å². The number of benzene rings is 4. The van der Waals surface area contributed by atoms with Crippen LogP contribution < -0.4 is 4.74 Å². The van der Waals surface area contributed by atoms with Crippen molar-refractivity contribution >= 4 is 33.3 Å². The summed E-state index contributed by atoms with van der Waals surface area (Å²) < 4.78 is 6.08. The third-order valence-electron chi connectivity index (χ3n) is 5.43. The van der Waals surface area contributed by atoms with E-state index in [-0.39, 0.29) is 0 Å². The zero-order valence-electron chi connectivity index (χ0n) is 17.4. The minimum absolute atomic E-state index is 0.710. The van der Waals surface area contributed by atoms with E-state index >= 15 is 0 Å². The van der Waals surface area contributed by atoms with Crippen LogP contribution in [0.5, 0.6) is 5.75 Å². The number of rotatable bonds is 9. The number of unbranched alkanes of at least 4 members (excludes halogenated alkanes) is 3. The third kappa shape index (κ3) is 4.63. The predicted molar refractivity (Wildman–Crippen MR) is 128 cm³/mol. The standard InChI is InChI=1S/C27H28O2S/c1-2-3-4-9-19-30-26-18-17-25(22-14-7-8-15-23(22)26)29-27(28)24-16-10-12-20-11-5-6-13-21(20)24/h5-8,10-18,27-28H,2-4,9,19H2,1H3. The molecule has 1 unspecified atom stereocenters. The number of aliphatic hydroxyl groups excluding tert-OH is 1. The van der Waals surface area contributed by atoms with Gasteiger partial charge in [0.25, 0.3) is 0 Å². The minimum atomic E-state index is -1.02. The summed E-state index contributed by atoms with van der Waals surface area (Å²) in [7, 11) is 0. The van der Waals surface area contributed by atoms with Gasteiger partial charge in [0.15, 0.2) is 0 Å².